The molecule has 8 unspecified atom stereocenters. The van der Waals surface area contributed by atoms with Crippen molar-refractivity contribution in [1.29, 1.82) is 0 Å². The fourth-order valence-electron chi connectivity index (χ4n) is 6.88. The Morgan fingerprint density at radius 3 is 2.07 bits per heavy atom. The molecule has 0 aromatic heterocycles. The molecule has 8 atom stereocenters. The third-order valence-corrected chi connectivity index (χ3v) is 10.4. The second-order valence-corrected chi connectivity index (χ2v) is 13.7. The Bertz CT molecular complexity index is 686. The summed E-state index contributed by atoms with van der Waals surface area (Å²) in [6, 6.07) is 0. The predicted octanol–water partition coefficient (Wildman–Crippen LogP) is 6.67. The molecule has 0 bridgehead atoms. The molecule has 0 radical (unpaired) electrons. The maximum absolute atomic E-state index is 6.30. The Morgan fingerprint density at radius 2 is 1.50 bits per heavy atom. The van der Waals surface area contributed by atoms with Crippen LogP contribution in [0.1, 0.15) is 113 Å². The topological polar surface area (TPSA) is 37.6 Å². The average Bonchev–Trinajstić information content (AvgIpc) is 3.58. The van der Waals surface area contributed by atoms with Gasteiger partial charge in [-0.25, -0.2) is 0 Å². The van der Waals surface area contributed by atoms with Crippen molar-refractivity contribution in [2.75, 3.05) is 0 Å². The lowest BCUT2D eigenvalue weighted by Crippen LogP contribution is -2.34. The molecule has 30 heavy (non-hydrogen) atoms. The number of hydrogen-bond donors (Lipinski definition) is 0. The highest BCUT2D eigenvalue weighted by atomic mass is 16.6. The predicted molar refractivity (Wildman–Crippen MR) is 121 cm³/mol. The van der Waals surface area contributed by atoms with Crippen LogP contribution in [0.3, 0.4) is 0 Å². The van der Waals surface area contributed by atoms with Crippen molar-refractivity contribution in [3.8, 4) is 0 Å². The van der Waals surface area contributed by atoms with Crippen LogP contribution in [0.2, 0.25) is 0 Å². The van der Waals surface area contributed by atoms with E-state index in [0.29, 0.717) is 29.1 Å². The molecule has 0 aromatic carbocycles. The Balaban J connectivity index is 1.15. The van der Waals surface area contributed by atoms with Gasteiger partial charge >= 0.3 is 0 Å². The van der Waals surface area contributed by atoms with Gasteiger partial charge in [0.15, 0.2) is 0 Å². The lowest BCUT2D eigenvalue weighted by atomic mass is 9.63. The molecule has 0 amide bonds. The van der Waals surface area contributed by atoms with Crippen molar-refractivity contribution >= 4 is 0 Å². The molecule has 3 heteroatoms. The van der Waals surface area contributed by atoms with E-state index < -0.39 is 0 Å². The van der Waals surface area contributed by atoms with Crippen LogP contribution in [0.15, 0.2) is 0 Å². The molecule has 2 aliphatic carbocycles. The summed E-state index contributed by atoms with van der Waals surface area (Å²) < 4.78 is 18.3. The molecule has 3 heterocycles. The van der Waals surface area contributed by atoms with Crippen LogP contribution >= 0.6 is 0 Å². The van der Waals surface area contributed by atoms with Crippen LogP contribution in [0.4, 0.5) is 0 Å². The van der Waals surface area contributed by atoms with Crippen LogP contribution in [-0.2, 0) is 14.2 Å². The molecule has 0 N–H and O–H groups in total. The van der Waals surface area contributed by atoms with Crippen molar-refractivity contribution in [3.05, 3.63) is 0 Å². The summed E-state index contributed by atoms with van der Waals surface area (Å²) in [5.74, 6) is 1.72. The maximum atomic E-state index is 6.30. The zero-order valence-electron chi connectivity index (χ0n) is 20.7. The van der Waals surface area contributed by atoms with E-state index in [-0.39, 0.29) is 16.8 Å². The molecular weight excluding hydrogens is 372 g/mol. The Labute approximate surface area is 185 Å². The fraction of sp³-hybridized carbons (Fsp3) is 1.00. The van der Waals surface area contributed by atoms with Gasteiger partial charge in [0.1, 0.15) is 0 Å². The molecule has 5 aliphatic rings. The van der Waals surface area contributed by atoms with Crippen LogP contribution in [0.25, 0.3) is 0 Å². The summed E-state index contributed by atoms with van der Waals surface area (Å²) in [7, 11) is 0. The molecule has 0 aromatic rings. The number of fused-ring (bicyclic) bond motifs is 1. The van der Waals surface area contributed by atoms with Gasteiger partial charge in [0, 0.05) is 0 Å². The van der Waals surface area contributed by atoms with E-state index >= 15 is 0 Å². The number of epoxide rings is 3. The third kappa shape index (κ3) is 4.13. The lowest BCUT2D eigenvalue weighted by Gasteiger charge is -2.40. The van der Waals surface area contributed by atoms with Gasteiger partial charge in [0.05, 0.1) is 35.1 Å². The van der Waals surface area contributed by atoms with Crippen LogP contribution in [-0.4, -0.2) is 35.1 Å². The lowest BCUT2D eigenvalue weighted by molar-refractivity contribution is 0.103. The first-order chi connectivity index (χ1) is 13.9. The van der Waals surface area contributed by atoms with Gasteiger partial charge in [-0.1, -0.05) is 20.8 Å². The van der Waals surface area contributed by atoms with E-state index in [1.165, 1.54) is 64.2 Å². The fourth-order valence-corrected chi connectivity index (χ4v) is 6.88. The summed E-state index contributed by atoms with van der Waals surface area (Å²) in [6.45, 7) is 16.6. The highest BCUT2D eigenvalue weighted by molar-refractivity contribution is 5.08. The number of hydrogen-bond acceptors (Lipinski definition) is 3. The largest absolute Gasteiger partial charge is 0.367 e. The Hall–Kier alpha value is -0.120. The second kappa shape index (κ2) is 6.70. The summed E-state index contributed by atoms with van der Waals surface area (Å²) in [6.07, 6.45) is 14.4. The molecule has 3 nitrogen and oxygen atoms in total. The summed E-state index contributed by atoms with van der Waals surface area (Å²) >= 11 is 0. The zero-order chi connectivity index (χ0) is 21.6. The van der Waals surface area contributed by atoms with Gasteiger partial charge in [0.2, 0.25) is 0 Å². The first-order valence-corrected chi connectivity index (χ1v) is 12.9. The van der Waals surface area contributed by atoms with Crippen molar-refractivity contribution in [2.24, 2.45) is 22.7 Å². The second-order valence-electron chi connectivity index (χ2n) is 13.7. The summed E-state index contributed by atoms with van der Waals surface area (Å²) in [5, 5.41) is 0. The maximum Gasteiger partial charge on any atom is 0.0920 e. The van der Waals surface area contributed by atoms with Crippen molar-refractivity contribution in [1.82, 2.24) is 0 Å². The van der Waals surface area contributed by atoms with Gasteiger partial charge in [-0.15, -0.1) is 0 Å². The molecule has 5 rings (SSSR count). The van der Waals surface area contributed by atoms with Gasteiger partial charge in [-0.2, -0.15) is 0 Å². The minimum Gasteiger partial charge on any atom is -0.367 e. The van der Waals surface area contributed by atoms with E-state index in [2.05, 4.69) is 48.5 Å². The normalized spacial score (nSPS) is 49.1. The van der Waals surface area contributed by atoms with E-state index in [1.807, 2.05) is 0 Å². The van der Waals surface area contributed by atoms with Crippen LogP contribution < -0.4 is 0 Å². The van der Waals surface area contributed by atoms with Crippen LogP contribution in [0.5, 0.6) is 0 Å². The third-order valence-electron chi connectivity index (χ3n) is 10.4. The number of rotatable bonds is 10. The molecular formula is C27H46O3. The highest BCUT2D eigenvalue weighted by Crippen LogP contribution is 2.58. The average molecular weight is 419 g/mol. The quantitative estimate of drug-likeness (QED) is 0.372. The van der Waals surface area contributed by atoms with E-state index in [4.69, 9.17) is 14.2 Å². The summed E-state index contributed by atoms with van der Waals surface area (Å²) in [5.41, 5.74) is 1.47. The Kier molecular flexibility index (Phi) is 4.85. The summed E-state index contributed by atoms with van der Waals surface area (Å²) in [4.78, 5) is 0. The molecule has 2 saturated carbocycles. The van der Waals surface area contributed by atoms with E-state index in [9.17, 15) is 0 Å². The first kappa shape index (κ1) is 21.7. The van der Waals surface area contributed by atoms with Gasteiger partial charge in [-0.3, -0.25) is 0 Å². The van der Waals surface area contributed by atoms with E-state index in [0.717, 1.165) is 11.8 Å². The zero-order valence-corrected chi connectivity index (χ0v) is 20.7. The molecule has 3 saturated heterocycles. The minimum absolute atomic E-state index is 0.112. The molecule has 3 aliphatic heterocycles. The first-order valence-electron chi connectivity index (χ1n) is 12.9. The van der Waals surface area contributed by atoms with Crippen molar-refractivity contribution in [3.63, 3.8) is 0 Å². The van der Waals surface area contributed by atoms with Crippen LogP contribution in [0, 0.1) is 22.7 Å². The molecule has 172 valence electrons. The van der Waals surface area contributed by atoms with Crippen molar-refractivity contribution in [2.45, 2.75) is 148 Å². The Morgan fingerprint density at radius 1 is 0.867 bits per heavy atom. The number of ether oxygens (including phenoxy) is 3. The van der Waals surface area contributed by atoms with E-state index in [1.54, 1.807) is 0 Å². The SMILES string of the molecule is CC1(C)CC1CCC1(C)OC1CCC(C)(CCC1OC1(C)C)C1CCC2(C)OC2C1. The van der Waals surface area contributed by atoms with Gasteiger partial charge in [0.25, 0.3) is 0 Å². The van der Waals surface area contributed by atoms with Gasteiger partial charge in [-0.05, 0) is 115 Å². The molecule has 0 spiro atoms. The smallest absolute Gasteiger partial charge is 0.0920 e. The van der Waals surface area contributed by atoms with Crippen molar-refractivity contribution < 1.29 is 14.2 Å². The minimum atomic E-state index is 0.112. The monoisotopic (exact) mass is 418 g/mol. The van der Waals surface area contributed by atoms with Gasteiger partial charge < -0.3 is 14.2 Å². The molecule has 5 fully saturated rings. The highest BCUT2D eigenvalue weighted by Gasteiger charge is 2.59. The standard InChI is InChI=1S/C27H46O3/c1-23(2)17-19(23)9-15-26(6)21(29-26)11-13-25(5,12-10-20-24(3,4)28-20)18-8-14-27(7)22(16-18)30-27/h18-22H,8-17H2,1-7H3.